The van der Waals surface area contributed by atoms with Gasteiger partial charge < -0.3 is 15.8 Å². The summed E-state index contributed by atoms with van der Waals surface area (Å²) in [7, 11) is 1.63. The second kappa shape index (κ2) is 5.58. The molecule has 0 atom stereocenters. The average molecular weight is 373 g/mol. The van der Waals surface area contributed by atoms with E-state index in [1.807, 2.05) is 18.2 Å². The Morgan fingerprint density at radius 1 is 1.22 bits per heavy atom. The molecular formula is C12H11Br2N3O. The maximum absolute atomic E-state index is 5.64. The van der Waals surface area contributed by atoms with Crippen molar-refractivity contribution in [3.8, 4) is 5.75 Å². The van der Waals surface area contributed by atoms with Crippen LogP contribution in [0.4, 0.5) is 17.2 Å². The molecular weight excluding hydrogens is 362 g/mol. The number of hydrogen-bond donors (Lipinski definition) is 2. The number of methoxy groups -OCH3 is 1. The Balaban J connectivity index is 2.30. The van der Waals surface area contributed by atoms with E-state index in [9.17, 15) is 0 Å². The molecule has 0 saturated heterocycles. The summed E-state index contributed by atoms with van der Waals surface area (Å²) < 4.78 is 6.93. The summed E-state index contributed by atoms with van der Waals surface area (Å²) in [6, 6.07) is 7.50. The fourth-order valence-electron chi connectivity index (χ4n) is 1.43. The van der Waals surface area contributed by atoms with E-state index >= 15 is 0 Å². The second-order valence-corrected chi connectivity index (χ2v) is 5.37. The first-order valence-corrected chi connectivity index (χ1v) is 6.69. The van der Waals surface area contributed by atoms with Gasteiger partial charge in [-0.1, -0.05) is 15.9 Å². The molecule has 0 radical (unpaired) electrons. The topological polar surface area (TPSA) is 60.2 Å². The lowest BCUT2D eigenvalue weighted by Crippen LogP contribution is -1.97. The van der Waals surface area contributed by atoms with E-state index in [1.165, 1.54) is 0 Å². The zero-order chi connectivity index (χ0) is 13.1. The predicted octanol–water partition coefficient (Wildman–Crippen LogP) is 3.94. The van der Waals surface area contributed by atoms with Crippen LogP contribution in [-0.2, 0) is 0 Å². The van der Waals surface area contributed by atoms with Gasteiger partial charge in [0.25, 0.3) is 0 Å². The highest BCUT2D eigenvalue weighted by atomic mass is 79.9. The standard InChI is InChI=1S/C12H11Br2N3O/c1-18-10-3-7(13)2-9(5-10)17-12-11(14)4-8(15)6-16-12/h2-6H,15H2,1H3,(H,16,17). The van der Waals surface area contributed by atoms with Crippen LogP contribution in [-0.4, -0.2) is 12.1 Å². The molecule has 0 aliphatic rings. The van der Waals surface area contributed by atoms with Gasteiger partial charge in [0, 0.05) is 16.2 Å². The lowest BCUT2D eigenvalue weighted by molar-refractivity contribution is 0.415. The molecule has 0 amide bonds. The SMILES string of the molecule is COc1cc(Br)cc(Nc2ncc(N)cc2Br)c1. The van der Waals surface area contributed by atoms with Gasteiger partial charge >= 0.3 is 0 Å². The Bertz CT molecular complexity index is 575. The minimum atomic E-state index is 0.610. The zero-order valence-corrected chi connectivity index (χ0v) is 12.7. The molecule has 0 bridgehead atoms. The van der Waals surface area contributed by atoms with Crippen LogP contribution in [0.15, 0.2) is 39.4 Å². The van der Waals surface area contributed by atoms with E-state index in [0.717, 1.165) is 20.4 Å². The number of halogens is 2. The van der Waals surface area contributed by atoms with Crippen LogP contribution in [0.5, 0.6) is 5.75 Å². The number of nitrogens with two attached hydrogens (primary N) is 1. The van der Waals surface area contributed by atoms with Crippen LogP contribution in [0.1, 0.15) is 0 Å². The maximum Gasteiger partial charge on any atom is 0.144 e. The van der Waals surface area contributed by atoms with Gasteiger partial charge in [0.2, 0.25) is 0 Å². The van der Waals surface area contributed by atoms with Gasteiger partial charge in [-0.25, -0.2) is 4.98 Å². The van der Waals surface area contributed by atoms with Crippen molar-refractivity contribution >= 4 is 49.1 Å². The number of benzene rings is 1. The molecule has 0 saturated carbocycles. The van der Waals surface area contributed by atoms with Gasteiger partial charge in [-0.3, -0.25) is 0 Å². The number of nitrogens with zero attached hydrogens (tertiary/aromatic N) is 1. The maximum atomic E-state index is 5.64. The molecule has 18 heavy (non-hydrogen) atoms. The van der Waals surface area contributed by atoms with E-state index in [0.29, 0.717) is 11.5 Å². The van der Waals surface area contributed by atoms with Crippen molar-refractivity contribution in [2.45, 2.75) is 0 Å². The van der Waals surface area contributed by atoms with Gasteiger partial charge in [0.15, 0.2) is 0 Å². The lowest BCUT2D eigenvalue weighted by atomic mass is 10.3. The average Bonchev–Trinajstić information content (AvgIpc) is 2.32. The van der Waals surface area contributed by atoms with Crippen LogP contribution in [0.3, 0.4) is 0 Å². The summed E-state index contributed by atoms with van der Waals surface area (Å²) in [6.45, 7) is 0. The van der Waals surface area contributed by atoms with E-state index in [1.54, 1.807) is 19.4 Å². The Labute approximate surface area is 122 Å². The minimum absolute atomic E-state index is 0.610. The van der Waals surface area contributed by atoms with E-state index in [4.69, 9.17) is 10.5 Å². The number of anilines is 3. The van der Waals surface area contributed by atoms with Crippen LogP contribution in [0.2, 0.25) is 0 Å². The normalized spacial score (nSPS) is 10.2. The van der Waals surface area contributed by atoms with Crippen LogP contribution >= 0.6 is 31.9 Å². The molecule has 94 valence electrons. The van der Waals surface area contributed by atoms with Crippen LogP contribution in [0.25, 0.3) is 0 Å². The Hall–Kier alpha value is -1.27. The number of aromatic nitrogens is 1. The van der Waals surface area contributed by atoms with Gasteiger partial charge in [-0.05, 0) is 34.1 Å². The monoisotopic (exact) mass is 371 g/mol. The van der Waals surface area contributed by atoms with Crippen molar-refractivity contribution in [2.24, 2.45) is 0 Å². The smallest absolute Gasteiger partial charge is 0.144 e. The molecule has 0 fully saturated rings. The van der Waals surface area contributed by atoms with Crippen LogP contribution in [0, 0.1) is 0 Å². The van der Waals surface area contributed by atoms with Gasteiger partial charge in [-0.15, -0.1) is 0 Å². The first kappa shape index (κ1) is 13.2. The van der Waals surface area contributed by atoms with Gasteiger partial charge in [-0.2, -0.15) is 0 Å². The molecule has 0 aliphatic carbocycles. The number of nitrogens with one attached hydrogen (secondary N) is 1. The van der Waals surface area contributed by atoms with Crippen molar-refractivity contribution in [3.05, 3.63) is 39.4 Å². The quantitative estimate of drug-likeness (QED) is 0.856. The van der Waals surface area contributed by atoms with Gasteiger partial charge in [0.05, 0.1) is 23.5 Å². The molecule has 4 nitrogen and oxygen atoms in total. The Kier molecular flexibility index (Phi) is 4.08. The Morgan fingerprint density at radius 2 is 2.00 bits per heavy atom. The third kappa shape index (κ3) is 3.14. The molecule has 2 aromatic rings. The van der Waals surface area contributed by atoms with E-state index in [-0.39, 0.29) is 0 Å². The fourth-order valence-corrected chi connectivity index (χ4v) is 2.37. The molecule has 3 N–H and O–H groups in total. The van der Waals surface area contributed by atoms with Crippen molar-refractivity contribution in [1.29, 1.82) is 0 Å². The highest BCUT2D eigenvalue weighted by Crippen LogP contribution is 2.29. The number of nitrogen functional groups attached to an aromatic ring is 1. The van der Waals surface area contributed by atoms with E-state index in [2.05, 4.69) is 42.2 Å². The number of rotatable bonds is 3. The third-order valence-corrected chi connectivity index (χ3v) is 3.29. The summed E-state index contributed by atoms with van der Waals surface area (Å²) in [5.41, 5.74) is 7.13. The molecule has 2 rings (SSSR count). The summed E-state index contributed by atoms with van der Waals surface area (Å²) in [5, 5.41) is 3.19. The van der Waals surface area contributed by atoms with E-state index < -0.39 is 0 Å². The van der Waals surface area contributed by atoms with Crippen molar-refractivity contribution in [3.63, 3.8) is 0 Å². The largest absolute Gasteiger partial charge is 0.497 e. The molecule has 0 unspecified atom stereocenters. The molecule has 1 aromatic carbocycles. The lowest BCUT2D eigenvalue weighted by Gasteiger charge is -2.10. The van der Waals surface area contributed by atoms with Crippen LogP contribution < -0.4 is 15.8 Å². The molecule has 1 aromatic heterocycles. The summed E-state index contributed by atoms with van der Waals surface area (Å²) in [5.74, 6) is 1.46. The number of hydrogen-bond acceptors (Lipinski definition) is 4. The Morgan fingerprint density at radius 3 is 2.67 bits per heavy atom. The molecule has 0 aliphatic heterocycles. The summed E-state index contributed by atoms with van der Waals surface area (Å²) in [6.07, 6.45) is 1.60. The zero-order valence-electron chi connectivity index (χ0n) is 9.58. The fraction of sp³-hybridized carbons (Fsp3) is 0.0833. The summed E-state index contributed by atoms with van der Waals surface area (Å²) in [4.78, 5) is 4.22. The minimum Gasteiger partial charge on any atom is -0.497 e. The van der Waals surface area contributed by atoms with Crippen molar-refractivity contribution < 1.29 is 4.74 Å². The number of ether oxygens (including phenoxy) is 1. The van der Waals surface area contributed by atoms with Gasteiger partial charge in [0.1, 0.15) is 11.6 Å². The first-order chi connectivity index (χ1) is 8.58. The molecule has 0 spiro atoms. The summed E-state index contributed by atoms with van der Waals surface area (Å²) >= 11 is 6.84. The molecule has 6 heteroatoms. The van der Waals surface area contributed by atoms with Crippen molar-refractivity contribution in [1.82, 2.24) is 4.98 Å². The molecule has 1 heterocycles. The first-order valence-electron chi connectivity index (χ1n) is 5.11. The number of pyridine rings is 1. The highest BCUT2D eigenvalue weighted by Gasteiger charge is 2.05. The highest BCUT2D eigenvalue weighted by molar-refractivity contribution is 9.10. The predicted molar refractivity (Wildman–Crippen MR) is 80.3 cm³/mol. The third-order valence-electron chi connectivity index (χ3n) is 2.23. The second-order valence-electron chi connectivity index (χ2n) is 3.60. The van der Waals surface area contributed by atoms with Crippen molar-refractivity contribution in [2.75, 3.05) is 18.2 Å².